The number of hydrogen-bond acceptors (Lipinski definition) is 5. The number of aromatic nitrogens is 1. The maximum Gasteiger partial charge on any atom is 0.293 e. The molecule has 0 saturated carbocycles. The Kier molecular flexibility index (Phi) is 5.46. The summed E-state index contributed by atoms with van der Waals surface area (Å²) in [6, 6.07) is 9.97. The standard InChI is InChI=1S/C19H22N4O3/c1-14(16-7-3-4-10-20-16)21-17-9-8-15(13-18(17)23(25)26)19(24)22-11-5-2-6-12-22/h3-4,7-10,13-14,21H,2,5-6,11-12H2,1H3. The van der Waals surface area contributed by atoms with E-state index in [1.54, 1.807) is 23.2 Å². The van der Waals surface area contributed by atoms with E-state index >= 15 is 0 Å². The molecule has 7 nitrogen and oxygen atoms in total. The summed E-state index contributed by atoms with van der Waals surface area (Å²) in [7, 11) is 0. The van der Waals surface area contributed by atoms with E-state index < -0.39 is 4.92 Å². The lowest BCUT2D eigenvalue weighted by atomic mass is 10.1. The van der Waals surface area contributed by atoms with Gasteiger partial charge in [-0.2, -0.15) is 0 Å². The van der Waals surface area contributed by atoms with Crippen molar-refractivity contribution in [2.24, 2.45) is 0 Å². The molecule has 0 spiro atoms. The van der Waals surface area contributed by atoms with E-state index in [1.165, 1.54) is 6.07 Å². The molecule has 1 aromatic heterocycles. The van der Waals surface area contributed by atoms with Crippen LogP contribution in [-0.2, 0) is 0 Å². The molecule has 7 heteroatoms. The number of piperidine rings is 1. The van der Waals surface area contributed by atoms with E-state index in [2.05, 4.69) is 10.3 Å². The van der Waals surface area contributed by atoms with Gasteiger partial charge in [-0.15, -0.1) is 0 Å². The molecule has 26 heavy (non-hydrogen) atoms. The highest BCUT2D eigenvalue weighted by atomic mass is 16.6. The van der Waals surface area contributed by atoms with Crippen molar-refractivity contribution >= 4 is 17.3 Å². The van der Waals surface area contributed by atoms with Gasteiger partial charge in [0.05, 0.1) is 16.7 Å². The van der Waals surface area contributed by atoms with Gasteiger partial charge < -0.3 is 10.2 Å². The van der Waals surface area contributed by atoms with Gasteiger partial charge in [-0.3, -0.25) is 19.9 Å². The number of rotatable bonds is 5. The maximum atomic E-state index is 12.6. The Morgan fingerprint density at radius 1 is 1.23 bits per heavy atom. The summed E-state index contributed by atoms with van der Waals surface area (Å²) in [5, 5.41) is 14.6. The Morgan fingerprint density at radius 3 is 2.65 bits per heavy atom. The lowest BCUT2D eigenvalue weighted by molar-refractivity contribution is -0.384. The average molecular weight is 354 g/mol. The first-order valence-corrected chi connectivity index (χ1v) is 8.81. The molecule has 1 aliphatic rings. The number of anilines is 1. The summed E-state index contributed by atoms with van der Waals surface area (Å²) < 4.78 is 0. The summed E-state index contributed by atoms with van der Waals surface area (Å²) in [6.45, 7) is 3.31. The van der Waals surface area contributed by atoms with Crippen LogP contribution in [0.5, 0.6) is 0 Å². The molecule has 0 aliphatic carbocycles. The molecular weight excluding hydrogens is 332 g/mol. The van der Waals surface area contributed by atoms with Crippen molar-refractivity contribution in [2.75, 3.05) is 18.4 Å². The lowest BCUT2D eigenvalue weighted by Gasteiger charge is -2.26. The fourth-order valence-corrected chi connectivity index (χ4v) is 3.16. The van der Waals surface area contributed by atoms with E-state index in [9.17, 15) is 14.9 Å². The molecule has 1 fully saturated rings. The number of likely N-dealkylation sites (tertiary alicyclic amines) is 1. The van der Waals surface area contributed by atoms with E-state index in [0.717, 1.165) is 25.0 Å². The highest BCUT2D eigenvalue weighted by Gasteiger charge is 2.23. The van der Waals surface area contributed by atoms with Crippen LogP contribution in [0.2, 0.25) is 0 Å². The Hall–Kier alpha value is -2.96. The first-order chi connectivity index (χ1) is 12.6. The first kappa shape index (κ1) is 17.8. The smallest absolute Gasteiger partial charge is 0.293 e. The predicted octanol–water partition coefficient (Wildman–Crippen LogP) is 3.79. The molecule has 2 heterocycles. The number of hydrogen-bond donors (Lipinski definition) is 1. The number of nitro groups is 1. The van der Waals surface area contributed by atoms with Gasteiger partial charge in [0, 0.05) is 30.9 Å². The molecule has 0 bridgehead atoms. The zero-order valence-electron chi connectivity index (χ0n) is 14.7. The largest absolute Gasteiger partial charge is 0.371 e. The highest BCUT2D eigenvalue weighted by Crippen LogP contribution is 2.29. The number of nitro benzene ring substituents is 1. The highest BCUT2D eigenvalue weighted by molar-refractivity contribution is 5.95. The van der Waals surface area contributed by atoms with E-state index in [1.807, 2.05) is 25.1 Å². The van der Waals surface area contributed by atoms with Gasteiger partial charge in [0.15, 0.2) is 0 Å². The summed E-state index contributed by atoms with van der Waals surface area (Å²) in [6.07, 6.45) is 4.77. The third kappa shape index (κ3) is 3.99. The molecular formula is C19H22N4O3. The van der Waals surface area contributed by atoms with Crippen molar-refractivity contribution in [1.82, 2.24) is 9.88 Å². The molecule has 1 amide bonds. The van der Waals surface area contributed by atoms with Crippen molar-refractivity contribution in [3.63, 3.8) is 0 Å². The van der Waals surface area contributed by atoms with Crippen LogP contribution >= 0.6 is 0 Å². The molecule has 0 radical (unpaired) electrons. The van der Waals surface area contributed by atoms with Gasteiger partial charge in [-0.25, -0.2) is 0 Å². The number of amides is 1. The van der Waals surface area contributed by atoms with Gasteiger partial charge in [0.25, 0.3) is 11.6 Å². The molecule has 1 aliphatic heterocycles. The number of benzene rings is 1. The van der Waals surface area contributed by atoms with Crippen molar-refractivity contribution in [3.8, 4) is 0 Å². The van der Waals surface area contributed by atoms with Crippen LogP contribution in [0.15, 0.2) is 42.6 Å². The first-order valence-electron chi connectivity index (χ1n) is 8.81. The van der Waals surface area contributed by atoms with Gasteiger partial charge >= 0.3 is 0 Å². The molecule has 1 atom stereocenters. The third-order valence-corrected chi connectivity index (χ3v) is 4.59. The van der Waals surface area contributed by atoms with Crippen molar-refractivity contribution in [2.45, 2.75) is 32.2 Å². The molecule has 1 aromatic carbocycles. The van der Waals surface area contributed by atoms with Crippen LogP contribution in [0.1, 0.15) is 48.3 Å². The molecule has 136 valence electrons. The maximum absolute atomic E-state index is 12.6. The topological polar surface area (TPSA) is 88.4 Å². The lowest BCUT2D eigenvalue weighted by Crippen LogP contribution is -2.35. The van der Waals surface area contributed by atoms with Crippen molar-refractivity contribution < 1.29 is 9.72 Å². The number of pyridine rings is 1. The van der Waals surface area contributed by atoms with Crippen LogP contribution in [0.4, 0.5) is 11.4 Å². The Bertz CT molecular complexity index is 789. The van der Waals surface area contributed by atoms with Gasteiger partial charge in [-0.1, -0.05) is 6.07 Å². The number of nitrogens with zero attached hydrogens (tertiary/aromatic N) is 3. The molecule has 3 rings (SSSR count). The normalized spacial score (nSPS) is 15.3. The zero-order chi connectivity index (χ0) is 18.5. The van der Waals surface area contributed by atoms with Crippen LogP contribution in [0, 0.1) is 10.1 Å². The number of nitrogens with one attached hydrogen (secondary N) is 1. The monoisotopic (exact) mass is 354 g/mol. The third-order valence-electron chi connectivity index (χ3n) is 4.59. The Morgan fingerprint density at radius 2 is 2.00 bits per heavy atom. The fourth-order valence-electron chi connectivity index (χ4n) is 3.16. The predicted molar refractivity (Wildman–Crippen MR) is 99.1 cm³/mol. The number of carbonyl (C=O) groups is 1. The summed E-state index contributed by atoms with van der Waals surface area (Å²) in [5.74, 6) is -0.142. The van der Waals surface area contributed by atoms with Crippen LogP contribution < -0.4 is 5.32 Å². The second-order valence-electron chi connectivity index (χ2n) is 6.46. The molecule has 1 N–H and O–H groups in total. The van der Waals surface area contributed by atoms with E-state index in [-0.39, 0.29) is 17.6 Å². The zero-order valence-corrected chi connectivity index (χ0v) is 14.7. The molecule has 1 saturated heterocycles. The minimum absolute atomic E-state index is 0.101. The van der Waals surface area contributed by atoms with Crippen LogP contribution in [-0.4, -0.2) is 33.8 Å². The summed E-state index contributed by atoms with van der Waals surface area (Å²) in [5.41, 5.74) is 1.42. The van der Waals surface area contributed by atoms with Crippen LogP contribution in [0.3, 0.4) is 0 Å². The second kappa shape index (κ2) is 7.95. The Labute approximate surface area is 152 Å². The average Bonchev–Trinajstić information content (AvgIpc) is 2.69. The Balaban J connectivity index is 1.82. The van der Waals surface area contributed by atoms with Crippen LogP contribution in [0.25, 0.3) is 0 Å². The van der Waals surface area contributed by atoms with Crippen molar-refractivity contribution in [1.29, 1.82) is 0 Å². The summed E-state index contributed by atoms with van der Waals surface area (Å²) in [4.78, 5) is 29.7. The van der Waals surface area contributed by atoms with Crippen molar-refractivity contribution in [3.05, 3.63) is 64.0 Å². The van der Waals surface area contributed by atoms with Gasteiger partial charge in [0.2, 0.25) is 0 Å². The molecule has 1 unspecified atom stereocenters. The SMILES string of the molecule is CC(Nc1ccc(C(=O)N2CCCCC2)cc1[N+](=O)[O-])c1ccccn1. The number of carbonyl (C=O) groups excluding carboxylic acids is 1. The minimum atomic E-state index is -0.458. The molecule has 2 aromatic rings. The quantitative estimate of drug-likeness (QED) is 0.652. The fraction of sp³-hybridized carbons (Fsp3) is 0.368. The van der Waals surface area contributed by atoms with Gasteiger partial charge in [0.1, 0.15) is 5.69 Å². The van der Waals surface area contributed by atoms with E-state index in [0.29, 0.717) is 24.3 Å². The van der Waals surface area contributed by atoms with Gasteiger partial charge in [-0.05, 0) is 50.5 Å². The summed E-state index contributed by atoms with van der Waals surface area (Å²) >= 11 is 0. The van der Waals surface area contributed by atoms with E-state index in [4.69, 9.17) is 0 Å². The second-order valence-corrected chi connectivity index (χ2v) is 6.46. The minimum Gasteiger partial charge on any atom is -0.371 e.